The molecule has 9 heteroatoms. The number of fused-ring (bicyclic) bond motifs is 1. The lowest BCUT2D eigenvalue weighted by Gasteiger charge is -2.31. The van der Waals surface area contributed by atoms with Gasteiger partial charge in [-0.15, -0.1) is 0 Å². The van der Waals surface area contributed by atoms with Gasteiger partial charge in [-0.3, -0.25) is 19.4 Å². The summed E-state index contributed by atoms with van der Waals surface area (Å²) >= 11 is 5.95. The Bertz CT molecular complexity index is 1220. The molecule has 0 aliphatic rings. The van der Waals surface area contributed by atoms with Crippen molar-refractivity contribution in [2.75, 3.05) is 13.1 Å². The van der Waals surface area contributed by atoms with E-state index < -0.39 is 0 Å². The number of halogens is 1. The second-order valence-corrected chi connectivity index (χ2v) is 8.04. The van der Waals surface area contributed by atoms with Crippen LogP contribution in [0.3, 0.4) is 0 Å². The molecule has 0 saturated carbocycles. The van der Waals surface area contributed by atoms with E-state index >= 15 is 0 Å². The van der Waals surface area contributed by atoms with E-state index in [-0.39, 0.29) is 11.6 Å². The van der Waals surface area contributed by atoms with Gasteiger partial charge in [0.05, 0.1) is 18.8 Å². The molecule has 0 aliphatic carbocycles. The topological polar surface area (TPSA) is 106 Å². The Kier molecular flexibility index (Phi) is 6.94. The minimum absolute atomic E-state index is 0.109. The first kappa shape index (κ1) is 22.1. The van der Waals surface area contributed by atoms with Crippen molar-refractivity contribution in [3.05, 3.63) is 87.3 Å². The van der Waals surface area contributed by atoms with Crippen LogP contribution in [0.4, 0.5) is 0 Å². The summed E-state index contributed by atoms with van der Waals surface area (Å²) in [7, 11) is 0. The lowest BCUT2D eigenvalue weighted by Crippen LogP contribution is -2.37. The van der Waals surface area contributed by atoms with Gasteiger partial charge in [0.15, 0.2) is 5.65 Å². The molecule has 8 nitrogen and oxygen atoms in total. The Morgan fingerprint density at radius 3 is 2.66 bits per heavy atom. The highest BCUT2D eigenvalue weighted by Crippen LogP contribution is 2.25. The Hall–Kier alpha value is -3.07. The molecule has 0 amide bonds. The van der Waals surface area contributed by atoms with Crippen LogP contribution >= 0.6 is 11.6 Å². The van der Waals surface area contributed by atoms with E-state index in [0.29, 0.717) is 48.2 Å². The summed E-state index contributed by atoms with van der Waals surface area (Å²) in [4.78, 5) is 24.7. The molecule has 4 rings (SSSR count). The van der Waals surface area contributed by atoms with Crippen LogP contribution in [-0.4, -0.2) is 42.7 Å². The summed E-state index contributed by atoms with van der Waals surface area (Å²) in [6.45, 7) is 4.25. The van der Waals surface area contributed by atoms with Crippen LogP contribution in [-0.2, 0) is 13.1 Å². The monoisotopic (exact) mass is 451 g/mol. The molecular weight excluding hydrogens is 426 g/mol. The SMILES string of the molecule is CCC(c1nc2[nH]ncc2c(=O)n1Cc1ccccc1)N(CCN)Cc1ccc(Cl)nc1. The Balaban J connectivity index is 1.79. The second-order valence-electron chi connectivity index (χ2n) is 7.65. The van der Waals surface area contributed by atoms with Crippen LogP contribution in [0.1, 0.15) is 36.3 Å². The molecule has 166 valence electrons. The molecule has 3 heterocycles. The Morgan fingerprint density at radius 2 is 1.97 bits per heavy atom. The van der Waals surface area contributed by atoms with Gasteiger partial charge in [0.1, 0.15) is 16.4 Å². The summed E-state index contributed by atoms with van der Waals surface area (Å²) < 4.78 is 1.75. The maximum absolute atomic E-state index is 13.4. The predicted octanol–water partition coefficient (Wildman–Crippen LogP) is 3.13. The van der Waals surface area contributed by atoms with E-state index in [0.717, 1.165) is 17.5 Å². The fourth-order valence-electron chi connectivity index (χ4n) is 3.97. The molecule has 1 atom stereocenters. The number of H-pyrrole nitrogens is 1. The number of nitrogens with zero attached hydrogens (tertiary/aromatic N) is 5. The molecule has 4 aromatic rings. The summed E-state index contributed by atoms with van der Waals surface area (Å²) in [5, 5.41) is 7.83. The number of benzene rings is 1. The second kappa shape index (κ2) is 10.0. The third-order valence-electron chi connectivity index (χ3n) is 5.50. The van der Waals surface area contributed by atoms with Crippen LogP contribution in [0, 0.1) is 0 Å². The van der Waals surface area contributed by atoms with Crippen molar-refractivity contribution in [1.29, 1.82) is 0 Å². The highest BCUT2D eigenvalue weighted by atomic mass is 35.5. The summed E-state index contributed by atoms with van der Waals surface area (Å²) in [6.07, 6.45) is 4.05. The van der Waals surface area contributed by atoms with E-state index in [1.54, 1.807) is 16.8 Å². The molecule has 1 aromatic carbocycles. The number of nitrogens with one attached hydrogen (secondary N) is 1. The minimum atomic E-state index is -0.127. The van der Waals surface area contributed by atoms with Crippen molar-refractivity contribution in [1.82, 2.24) is 29.6 Å². The summed E-state index contributed by atoms with van der Waals surface area (Å²) in [5.74, 6) is 0.688. The lowest BCUT2D eigenvalue weighted by atomic mass is 10.1. The fourth-order valence-corrected chi connectivity index (χ4v) is 4.08. The molecular formula is C23H26ClN7O. The van der Waals surface area contributed by atoms with Gasteiger partial charge in [0, 0.05) is 25.8 Å². The van der Waals surface area contributed by atoms with E-state index in [4.69, 9.17) is 22.3 Å². The largest absolute Gasteiger partial charge is 0.329 e. The van der Waals surface area contributed by atoms with Gasteiger partial charge in [-0.1, -0.05) is 54.9 Å². The number of rotatable bonds is 9. The van der Waals surface area contributed by atoms with Crippen molar-refractivity contribution < 1.29 is 0 Å². The Morgan fingerprint density at radius 1 is 1.16 bits per heavy atom. The fraction of sp³-hybridized carbons (Fsp3) is 0.304. The van der Waals surface area contributed by atoms with Crippen LogP contribution in [0.15, 0.2) is 59.7 Å². The van der Waals surface area contributed by atoms with Gasteiger partial charge in [0.2, 0.25) is 0 Å². The first-order valence-electron chi connectivity index (χ1n) is 10.6. The third kappa shape index (κ3) is 4.72. The molecule has 0 bridgehead atoms. The number of pyridine rings is 1. The molecule has 32 heavy (non-hydrogen) atoms. The number of nitrogens with two attached hydrogens (primary N) is 1. The minimum Gasteiger partial charge on any atom is -0.329 e. The van der Waals surface area contributed by atoms with E-state index in [9.17, 15) is 4.79 Å². The average molecular weight is 452 g/mol. The van der Waals surface area contributed by atoms with Gasteiger partial charge < -0.3 is 5.73 Å². The zero-order valence-electron chi connectivity index (χ0n) is 17.9. The van der Waals surface area contributed by atoms with E-state index in [1.807, 2.05) is 36.4 Å². The molecule has 1 unspecified atom stereocenters. The van der Waals surface area contributed by atoms with E-state index in [2.05, 4.69) is 27.0 Å². The molecule has 3 aromatic heterocycles. The van der Waals surface area contributed by atoms with Gasteiger partial charge in [-0.2, -0.15) is 5.10 Å². The average Bonchev–Trinajstić information content (AvgIpc) is 3.28. The summed E-state index contributed by atoms with van der Waals surface area (Å²) in [6, 6.07) is 13.5. The van der Waals surface area contributed by atoms with Gasteiger partial charge in [-0.05, 0) is 23.6 Å². The van der Waals surface area contributed by atoms with Crippen LogP contribution < -0.4 is 11.3 Å². The zero-order chi connectivity index (χ0) is 22.5. The molecule has 3 N–H and O–H groups in total. The summed E-state index contributed by atoms with van der Waals surface area (Å²) in [5.41, 5.74) is 8.39. The van der Waals surface area contributed by atoms with Gasteiger partial charge >= 0.3 is 0 Å². The highest BCUT2D eigenvalue weighted by molar-refractivity contribution is 6.29. The first-order chi connectivity index (χ1) is 15.6. The van der Waals surface area contributed by atoms with Crippen molar-refractivity contribution in [3.63, 3.8) is 0 Å². The zero-order valence-corrected chi connectivity index (χ0v) is 18.7. The number of aromatic amines is 1. The highest BCUT2D eigenvalue weighted by Gasteiger charge is 2.25. The molecule has 0 fully saturated rings. The maximum Gasteiger partial charge on any atom is 0.265 e. The Labute approximate surface area is 191 Å². The lowest BCUT2D eigenvalue weighted by molar-refractivity contribution is 0.176. The number of aromatic nitrogens is 5. The normalized spacial score (nSPS) is 12.5. The first-order valence-corrected chi connectivity index (χ1v) is 11.0. The molecule has 0 aliphatic heterocycles. The van der Waals surface area contributed by atoms with Gasteiger partial charge in [0.25, 0.3) is 5.56 Å². The molecule has 0 radical (unpaired) electrons. The van der Waals surface area contributed by atoms with Crippen molar-refractivity contribution in [2.24, 2.45) is 5.73 Å². The van der Waals surface area contributed by atoms with Crippen molar-refractivity contribution in [3.8, 4) is 0 Å². The number of hydrogen-bond acceptors (Lipinski definition) is 6. The maximum atomic E-state index is 13.4. The predicted molar refractivity (Wildman–Crippen MR) is 125 cm³/mol. The van der Waals surface area contributed by atoms with Crippen LogP contribution in [0.2, 0.25) is 5.15 Å². The van der Waals surface area contributed by atoms with Crippen LogP contribution in [0.5, 0.6) is 0 Å². The van der Waals surface area contributed by atoms with Crippen molar-refractivity contribution in [2.45, 2.75) is 32.5 Å². The third-order valence-corrected chi connectivity index (χ3v) is 5.72. The molecule has 0 spiro atoms. The molecule has 0 saturated heterocycles. The van der Waals surface area contributed by atoms with Crippen molar-refractivity contribution >= 4 is 22.6 Å². The van der Waals surface area contributed by atoms with Gasteiger partial charge in [-0.25, -0.2) is 9.97 Å². The van der Waals surface area contributed by atoms with E-state index in [1.165, 1.54) is 6.20 Å². The smallest absolute Gasteiger partial charge is 0.265 e. The number of hydrogen-bond donors (Lipinski definition) is 2. The quantitative estimate of drug-likeness (QED) is 0.379. The van der Waals surface area contributed by atoms with Crippen LogP contribution in [0.25, 0.3) is 11.0 Å². The standard InChI is InChI=1S/C23H26ClN7O/c1-2-19(30(11-10-25)14-17-8-9-20(24)26-12-17)22-28-21-18(13-27-29-21)23(32)31(22)15-16-6-4-3-5-7-16/h3-9,12-13,19H,2,10-11,14-15,25H2,1H3,(H,27,29).